The number of benzene rings is 1. The number of ether oxygens (including phenoxy) is 1. The van der Waals surface area contributed by atoms with Crippen molar-refractivity contribution in [3.05, 3.63) is 29.8 Å². The summed E-state index contributed by atoms with van der Waals surface area (Å²) < 4.78 is 5.60. The van der Waals surface area contributed by atoms with Crippen LogP contribution < -0.4 is 15.8 Å². The topological polar surface area (TPSA) is 64.3 Å². The summed E-state index contributed by atoms with van der Waals surface area (Å²) in [6.45, 7) is 2.40. The lowest BCUT2D eigenvalue weighted by molar-refractivity contribution is -0.121. The van der Waals surface area contributed by atoms with Crippen molar-refractivity contribution in [1.29, 1.82) is 0 Å². The molecule has 3 N–H and O–H groups in total. The van der Waals surface area contributed by atoms with E-state index in [9.17, 15) is 4.79 Å². The Hall–Kier alpha value is -1.55. The molecule has 0 heterocycles. The lowest BCUT2D eigenvalue weighted by atomic mass is 10.1. The molecule has 104 valence electrons. The predicted molar refractivity (Wildman–Crippen MR) is 75.1 cm³/mol. The molecule has 0 bridgehead atoms. The SMILES string of the molecule is CC(N)Cc1cccc(OCCC(=O)NC2CC2)c1. The first-order valence-electron chi connectivity index (χ1n) is 6.90. The molecule has 1 aliphatic rings. The lowest BCUT2D eigenvalue weighted by Crippen LogP contribution is -2.26. The molecule has 1 atom stereocenters. The molecule has 1 aromatic rings. The summed E-state index contributed by atoms with van der Waals surface area (Å²) in [5.41, 5.74) is 6.93. The van der Waals surface area contributed by atoms with Crippen molar-refractivity contribution < 1.29 is 9.53 Å². The van der Waals surface area contributed by atoms with Crippen molar-refractivity contribution >= 4 is 5.91 Å². The number of hydrogen-bond donors (Lipinski definition) is 2. The predicted octanol–water partition coefficient (Wildman–Crippen LogP) is 1.62. The van der Waals surface area contributed by atoms with Crippen LogP contribution in [0, 0.1) is 0 Å². The molecular formula is C15H22N2O2. The Morgan fingerprint density at radius 2 is 2.32 bits per heavy atom. The quantitative estimate of drug-likeness (QED) is 0.785. The van der Waals surface area contributed by atoms with Gasteiger partial charge < -0.3 is 15.8 Å². The lowest BCUT2D eigenvalue weighted by Gasteiger charge is -2.09. The molecule has 1 saturated carbocycles. The van der Waals surface area contributed by atoms with E-state index in [1.54, 1.807) is 0 Å². The number of hydrogen-bond acceptors (Lipinski definition) is 3. The van der Waals surface area contributed by atoms with E-state index < -0.39 is 0 Å². The van der Waals surface area contributed by atoms with Crippen LogP contribution in [0.25, 0.3) is 0 Å². The third-order valence-corrected chi connectivity index (χ3v) is 3.00. The van der Waals surface area contributed by atoms with Gasteiger partial charge in [-0.25, -0.2) is 0 Å². The summed E-state index contributed by atoms with van der Waals surface area (Å²) in [6.07, 6.45) is 3.48. The van der Waals surface area contributed by atoms with Crippen LogP contribution >= 0.6 is 0 Å². The van der Waals surface area contributed by atoms with Crippen molar-refractivity contribution in [3.8, 4) is 5.75 Å². The summed E-state index contributed by atoms with van der Waals surface area (Å²) in [5.74, 6) is 0.881. The molecular weight excluding hydrogens is 240 g/mol. The molecule has 2 rings (SSSR count). The summed E-state index contributed by atoms with van der Waals surface area (Å²) >= 11 is 0. The molecule has 1 amide bonds. The second-order valence-corrected chi connectivity index (χ2v) is 5.27. The fourth-order valence-corrected chi connectivity index (χ4v) is 1.92. The molecule has 0 aliphatic heterocycles. The monoisotopic (exact) mass is 262 g/mol. The summed E-state index contributed by atoms with van der Waals surface area (Å²) in [5, 5.41) is 2.94. The van der Waals surface area contributed by atoms with E-state index >= 15 is 0 Å². The maximum Gasteiger partial charge on any atom is 0.223 e. The summed E-state index contributed by atoms with van der Waals surface area (Å²) in [4.78, 5) is 11.5. The first-order chi connectivity index (χ1) is 9.13. The van der Waals surface area contributed by atoms with Gasteiger partial charge in [0.2, 0.25) is 5.91 Å². The number of nitrogens with two attached hydrogens (primary N) is 1. The van der Waals surface area contributed by atoms with Crippen molar-refractivity contribution in [2.75, 3.05) is 6.61 Å². The van der Waals surface area contributed by atoms with Crippen LogP contribution in [-0.2, 0) is 11.2 Å². The molecule has 0 spiro atoms. The Bertz CT molecular complexity index is 428. The number of amides is 1. The molecule has 4 heteroatoms. The fourth-order valence-electron chi connectivity index (χ4n) is 1.92. The summed E-state index contributed by atoms with van der Waals surface area (Å²) in [7, 11) is 0. The van der Waals surface area contributed by atoms with E-state index in [-0.39, 0.29) is 11.9 Å². The molecule has 1 aliphatic carbocycles. The van der Waals surface area contributed by atoms with Gasteiger partial charge in [-0.15, -0.1) is 0 Å². The van der Waals surface area contributed by atoms with Crippen LogP contribution in [0.5, 0.6) is 5.75 Å². The molecule has 0 saturated heterocycles. The average molecular weight is 262 g/mol. The normalized spacial score (nSPS) is 15.9. The zero-order valence-electron chi connectivity index (χ0n) is 11.4. The van der Waals surface area contributed by atoms with Crippen LogP contribution in [0.1, 0.15) is 31.7 Å². The highest BCUT2D eigenvalue weighted by atomic mass is 16.5. The number of rotatable bonds is 7. The van der Waals surface area contributed by atoms with Crippen molar-refractivity contribution in [1.82, 2.24) is 5.32 Å². The highest BCUT2D eigenvalue weighted by molar-refractivity contribution is 5.76. The van der Waals surface area contributed by atoms with Gasteiger partial charge in [0.05, 0.1) is 13.0 Å². The van der Waals surface area contributed by atoms with E-state index in [0.29, 0.717) is 19.1 Å². The third-order valence-electron chi connectivity index (χ3n) is 3.00. The molecule has 1 unspecified atom stereocenters. The molecule has 1 aromatic carbocycles. The van der Waals surface area contributed by atoms with Crippen LogP contribution in [0.3, 0.4) is 0 Å². The van der Waals surface area contributed by atoms with Gasteiger partial charge in [0.15, 0.2) is 0 Å². The van der Waals surface area contributed by atoms with Gasteiger partial charge in [-0.2, -0.15) is 0 Å². The van der Waals surface area contributed by atoms with Crippen molar-refractivity contribution in [2.24, 2.45) is 5.73 Å². The molecule has 0 radical (unpaired) electrons. The smallest absolute Gasteiger partial charge is 0.223 e. The standard InChI is InChI=1S/C15H22N2O2/c1-11(16)9-12-3-2-4-14(10-12)19-8-7-15(18)17-13-5-6-13/h2-4,10-11,13H,5-9,16H2,1H3,(H,17,18). The molecule has 4 nitrogen and oxygen atoms in total. The van der Waals surface area contributed by atoms with Gasteiger partial charge in [-0.1, -0.05) is 12.1 Å². The minimum atomic E-state index is 0.0780. The Kier molecular flexibility index (Phi) is 4.80. The number of carbonyl (C=O) groups excluding carboxylic acids is 1. The highest BCUT2D eigenvalue weighted by Crippen LogP contribution is 2.18. The zero-order valence-corrected chi connectivity index (χ0v) is 11.4. The zero-order chi connectivity index (χ0) is 13.7. The molecule has 19 heavy (non-hydrogen) atoms. The largest absolute Gasteiger partial charge is 0.493 e. The van der Waals surface area contributed by atoms with E-state index in [0.717, 1.165) is 30.6 Å². The van der Waals surface area contributed by atoms with Gasteiger partial charge in [-0.3, -0.25) is 4.79 Å². The molecule has 0 aromatic heterocycles. The molecule has 1 fully saturated rings. The van der Waals surface area contributed by atoms with Crippen LogP contribution in [-0.4, -0.2) is 24.6 Å². The fraction of sp³-hybridized carbons (Fsp3) is 0.533. The summed E-state index contributed by atoms with van der Waals surface area (Å²) in [6, 6.07) is 8.44. The van der Waals surface area contributed by atoms with Gasteiger partial charge in [0.1, 0.15) is 5.75 Å². The Labute approximate surface area is 114 Å². The highest BCUT2D eigenvalue weighted by Gasteiger charge is 2.22. The maximum atomic E-state index is 11.5. The number of nitrogens with one attached hydrogen (secondary N) is 1. The maximum absolute atomic E-state index is 11.5. The van der Waals surface area contributed by atoms with Gasteiger partial charge in [0, 0.05) is 12.1 Å². The Morgan fingerprint density at radius 3 is 3.00 bits per heavy atom. The van der Waals surface area contributed by atoms with Crippen molar-refractivity contribution in [3.63, 3.8) is 0 Å². The minimum Gasteiger partial charge on any atom is -0.493 e. The van der Waals surface area contributed by atoms with E-state index in [2.05, 4.69) is 5.32 Å². The van der Waals surface area contributed by atoms with Crippen LogP contribution in [0.2, 0.25) is 0 Å². The van der Waals surface area contributed by atoms with Crippen LogP contribution in [0.15, 0.2) is 24.3 Å². The average Bonchev–Trinajstić information content (AvgIpc) is 3.12. The Morgan fingerprint density at radius 1 is 1.53 bits per heavy atom. The van der Waals surface area contributed by atoms with Gasteiger partial charge in [0.25, 0.3) is 0 Å². The first-order valence-corrected chi connectivity index (χ1v) is 6.90. The first kappa shape index (κ1) is 13.9. The van der Waals surface area contributed by atoms with Crippen LogP contribution in [0.4, 0.5) is 0 Å². The second kappa shape index (κ2) is 6.57. The van der Waals surface area contributed by atoms with E-state index in [4.69, 9.17) is 10.5 Å². The van der Waals surface area contributed by atoms with Gasteiger partial charge >= 0.3 is 0 Å². The van der Waals surface area contributed by atoms with E-state index in [1.165, 1.54) is 0 Å². The van der Waals surface area contributed by atoms with E-state index in [1.807, 2.05) is 31.2 Å². The van der Waals surface area contributed by atoms with Gasteiger partial charge in [-0.05, 0) is 43.9 Å². The van der Waals surface area contributed by atoms with Crippen molar-refractivity contribution in [2.45, 2.75) is 44.7 Å². The third kappa shape index (κ3) is 5.30. The Balaban J connectivity index is 1.73. The second-order valence-electron chi connectivity index (χ2n) is 5.27. The number of carbonyl (C=O) groups is 1. The minimum absolute atomic E-state index is 0.0780.